The monoisotopic (exact) mass is 393 g/mol. The van der Waals surface area contributed by atoms with E-state index in [-0.39, 0.29) is 17.8 Å². The van der Waals surface area contributed by atoms with E-state index >= 15 is 0 Å². The van der Waals surface area contributed by atoms with Crippen LogP contribution in [0.2, 0.25) is 0 Å². The van der Waals surface area contributed by atoms with Gasteiger partial charge >= 0.3 is 0 Å². The summed E-state index contributed by atoms with van der Waals surface area (Å²) in [7, 11) is 1.58. The highest BCUT2D eigenvalue weighted by molar-refractivity contribution is 5.91. The average Bonchev–Trinajstić information content (AvgIpc) is 3.34. The molecule has 1 atom stereocenters. The van der Waals surface area contributed by atoms with Crippen LogP contribution in [0.1, 0.15) is 33.3 Å². The van der Waals surface area contributed by atoms with E-state index in [1.807, 2.05) is 26.0 Å². The van der Waals surface area contributed by atoms with Crippen molar-refractivity contribution >= 4 is 5.91 Å². The lowest BCUT2D eigenvalue weighted by molar-refractivity contribution is 0.0897. The van der Waals surface area contributed by atoms with E-state index in [0.717, 1.165) is 40.4 Å². The molecule has 0 unspecified atom stereocenters. The van der Waals surface area contributed by atoms with E-state index in [4.69, 9.17) is 13.9 Å². The number of rotatable bonds is 6. The fraction of sp³-hybridized carbons (Fsp3) is 0.318. The Morgan fingerprint density at radius 2 is 2.14 bits per heavy atom. The molecule has 1 aliphatic rings. The average molecular weight is 393 g/mol. The van der Waals surface area contributed by atoms with Gasteiger partial charge in [0, 0.05) is 25.3 Å². The van der Waals surface area contributed by atoms with Gasteiger partial charge in [0.1, 0.15) is 24.2 Å². The number of methoxy groups -OCH3 is 1. The molecule has 0 bridgehead atoms. The first-order valence-corrected chi connectivity index (χ1v) is 9.49. The Bertz CT molecular complexity index is 1040. The molecule has 150 valence electrons. The smallest absolute Gasteiger partial charge is 0.287 e. The molecular weight excluding hydrogens is 370 g/mol. The summed E-state index contributed by atoms with van der Waals surface area (Å²) < 4.78 is 16.4. The second kappa shape index (κ2) is 8.05. The molecule has 1 N–H and O–H groups in total. The number of aryl methyl sites for hydroxylation is 2. The number of fused-ring (bicyclic) bond motifs is 1. The zero-order valence-corrected chi connectivity index (χ0v) is 16.7. The van der Waals surface area contributed by atoms with Gasteiger partial charge in [0.2, 0.25) is 0 Å². The normalized spacial score (nSPS) is 15.1. The Balaban J connectivity index is 1.40. The Morgan fingerprint density at radius 3 is 2.97 bits per heavy atom. The number of nitrogens with one attached hydrogen (secondary N) is 1. The first-order valence-electron chi connectivity index (χ1n) is 9.49. The second-order valence-electron chi connectivity index (χ2n) is 7.12. The van der Waals surface area contributed by atoms with Crippen LogP contribution >= 0.6 is 0 Å². The summed E-state index contributed by atoms with van der Waals surface area (Å²) in [5.41, 5.74) is 4.78. The summed E-state index contributed by atoms with van der Waals surface area (Å²) in [5, 5.41) is 2.87. The Hall–Kier alpha value is -3.19. The number of benzene rings is 1. The third kappa shape index (κ3) is 4.14. The van der Waals surface area contributed by atoms with Gasteiger partial charge in [0.05, 0.1) is 23.6 Å². The topological polar surface area (TPSA) is 86.5 Å². The molecule has 0 saturated heterocycles. The van der Waals surface area contributed by atoms with Crippen molar-refractivity contribution < 1.29 is 18.7 Å². The Labute approximate surface area is 169 Å². The van der Waals surface area contributed by atoms with Crippen LogP contribution in [-0.4, -0.2) is 35.6 Å². The Morgan fingerprint density at radius 1 is 1.28 bits per heavy atom. The van der Waals surface area contributed by atoms with E-state index in [9.17, 15) is 4.79 Å². The molecular formula is C22H23N3O4. The van der Waals surface area contributed by atoms with E-state index < -0.39 is 0 Å². The summed E-state index contributed by atoms with van der Waals surface area (Å²) in [6.45, 7) is 4.62. The van der Waals surface area contributed by atoms with Crippen molar-refractivity contribution in [3.8, 4) is 17.0 Å². The molecule has 7 heteroatoms. The molecule has 3 heterocycles. The number of amides is 1. The number of hydrogen-bond acceptors (Lipinski definition) is 6. The van der Waals surface area contributed by atoms with Crippen molar-refractivity contribution in [1.29, 1.82) is 0 Å². The predicted octanol–water partition coefficient (Wildman–Crippen LogP) is 3.23. The molecule has 0 spiro atoms. The number of furan rings is 1. The Kier molecular flexibility index (Phi) is 5.31. The summed E-state index contributed by atoms with van der Waals surface area (Å²) in [6, 6.07) is 9.43. The fourth-order valence-electron chi connectivity index (χ4n) is 3.41. The molecule has 1 amide bonds. The molecule has 3 aromatic rings. The molecule has 4 rings (SSSR count). The van der Waals surface area contributed by atoms with Gasteiger partial charge in [-0.2, -0.15) is 0 Å². The van der Waals surface area contributed by atoms with Gasteiger partial charge in [-0.1, -0.05) is 0 Å². The van der Waals surface area contributed by atoms with Crippen LogP contribution in [-0.2, 0) is 17.8 Å². The molecule has 0 fully saturated rings. The summed E-state index contributed by atoms with van der Waals surface area (Å²) in [4.78, 5) is 21.3. The summed E-state index contributed by atoms with van der Waals surface area (Å²) >= 11 is 0. The number of hydrogen-bond donors (Lipinski definition) is 1. The minimum atomic E-state index is -0.266. The van der Waals surface area contributed by atoms with Gasteiger partial charge in [-0.3, -0.25) is 9.78 Å². The van der Waals surface area contributed by atoms with Crippen LogP contribution in [0.15, 0.2) is 40.9 Å². The second-order valence-corrected chi connectivity index (χ2v) is 7.12. The molecule has 1 aromatic carbocycles. The van der Waals surface area contributed by atoms with Crippen LogP contribution < -0.4 is 10.1 Å². The zero-order chi connectivity index (χ0) is 20.4. The first kappa shape index (κ1) is 19.1. The minimum absolute atomic E-state index is 0.123. The number of nitrogens with zero attached hydrogens (tertiary/aromatic N) is 2. The van der Waals surface area contributed by atoms with Gasteiger partial charge in [-0.15, -0.1) is 0 Å². The van der Waals surface area contributed by atoms with Crippen LogP contribution in [0, 0.1) is 13.8 Å². The number of aromatic nitrogens is 2. The quantitative estimate of drug-likeness (QED) is 0.692. The lowest BCUT2D eigenvalue weighted by atomic mass is 10.0. The highest BCUT2D eigenvalue weighted by atomic mass is 16.5. The fourth-order valence-corrected chi connectivity index (χ4v) is 3.41. The first-order chi connectivity index (χ1) is 14.0. The molecule has 29 heavy (non-hydrogen) atoms. The maximum absolute atomic E-state index is 12.3. The molecule has 1 aliphatic heterocycles. The maximum Gasteiger partial charge on any atom is 0.287 e. The number of carbonyl (C=O) groups is 1. The lowest BCUT2D eigenvalue weighted by Gasteiger charge is -2.11. The molecule has 7 nitrogen and oxygen atoms in total. The van der Waals surface area contributed by atoms with E-state index in [0.29, 0.717) is 18.9 Å². The maximum atomic E-state index is 12.3. The van der Waals surface area contributed by atoms with E-state index in [1.165, 1.54) is 0 Å². The predicted molar refractivity (Wildman–Crippen MR) is 107 cm³/mol. The van der Waals surface area contributed by atoms with Crippen LogP contribution in [0.5, 0.6) is 5.75 Å². The third-order valence-corrected chi connectivity index (χ3v) is 4.81. The van der Waals surface area contributed by atoms with Gasteiger partial charge in [0.25, 0.3) is 5.91 Å². The van der Waals surface area contributed by atoms with Gasteiger partial charge in [0.15, 0.2) is 5.76 Å². The van der Waals surface area contributed by atoms with Gasteiger partial charge in [-0.05, 0) is 49.7 Å². The lowest BCUT2D eigenvalue weighted by Crippen LogP contribution is -2.34. The summed E-state index contributed by atoms with van der Waals surface area (Å²) in [6.07, 6.45) is 2.36. The van der Waals surface area contributed by atoms with Crippen molar-refractivity contribution in [3.05, 3.63) is 65.0 Å². The molecule has 0 saturated carbocycles. The highest BCUT2D eigenvalue weighted by Crippen LogP contribution is 2.33. The van der Waals surface area contributed by atoms with Crippen LogP contribution in [0.25, 0.3) is 11.3 Å². The highest BCUT2D eigenvalue weighted by Gasteiger charge is 2.25. The van der Waals surface area contributed by atoms with Crippen LogP contribution in [0.4, 0.5) is 0 Å². The van der Waals surface area contributed by atoms with Gasteiger partial charge < -0.3 is 19.2 Å². The molecule has 0 aliphatic carbocycles. The molecule has 0 radical (unpaired) electrons. The standard InChI is InChI=1S/C22H23N3O4/c1-13-10-23-14(2)21(25-13)15-4-6-19-16(8-15)9-18(29-19)11-24-22(26)20-7-5-17(28-20)12-27-3/h4-8,10,18H,9,11-12H2,1-3H3,(H,24,26)/t18-/m1/s1. The third-order valence-electron chi connectivity index (χ3n) is 4.81. The zero-order valence-electron chi connectivity index (χ0n) is 16.7. The molecule has 2 aromatic heterocycles. The minimum Gasteiger partial charge on any atom is -0.488 e. The van der Waals surface area contributed by atoms with Crippen molar-refractivity contribution in [2.45, 2.75) is 33.0 Å². The van der Waals surface area contributed by atoms with Crippen molar-refractivity contribution in [1.82, 2.24) is 15.3 Å². The van der Waals surface area contributed by atoms with E-state index in [2.05, 4.69) is 21.4 Å². The van der Waals surface area contributed by atoms with Gasteiger partial charge in [-0.25, -0.2) is 4.98 Å². The largest absolute Gasteiger partial charge is 0.488 e. The number of ether oxygens (including phenoxy) is 2. The van der Waals surface area contributed by atoms with Crippen molar-refractivity contribution in [2.24, 2.45) is 0 Å². The SMILES string of the molecule is COCc1ccc(C(=O)NC[C@H]2Cc3cc(-c4nc(C)cnc4C)ccc3O2)o1. The van der Waals surface area contributed by atoms with Crippen molar-refractivity contribution in [3.63, 3.8) is 0 Å². The number of carbonyl (C=O) groups excluding carboxylic acids is 1. The van der Waals surface area contributed by atoms with Crippen LogP contribution in [0.3, 0.4) is 0 Å². The summed E-state index contributed by atoms with van der Waals surface area (Å²) in [5.74, 6) is 1.46. The van der Waals surface area contributed by atoms with Crippen molar-refractivity contribution in [2.75, 3.05) is 13.7 Å². The van der Waals surface area contributed by atoms with E-state index in [1.54, 1.807) is 25.4 Å².